The molecular weight excluding hydrogens is 916 g/mol. The number of anilines is 5. The Balaban J connectivity index is 1.16. The number of hydrogen-bond donors (Lipinski definition) is 0. The summed E-state index contributed by atoms with van der Waals surface area (Å²) in [7, 11) is 0. The van der Waals surface area contributed by atoms with Gasteiger partial charge in [-0.15, -0.1) is 0 Å². The molecule has 0 saturated carbocycles. The highest BCUT2D eigenvalue weighted by Crippen LogP contribution is 2.51. The van der Waals surface area contributed by atoms with E-state index in [0.717, 1.165) is 12.8 Å². The molecule has 0 fully saturated rings. The number of hydrogen-bond acceptors (Lipinski definition) is 2. The Hall–Kier alpha value is -7.88. The average molecular weight is 985 g/mol. The maximum Gasteiger partial charge on any atom is 0.333 e. The molecule has 12 rings (SSSR count). The number of fused-ring (bicyclic) bond motifs is 5. The van der Waals surface area contributed by atoms with E-state index in [4.69, 9.17) is 0 Å². The van der Waals surface area contributed by atoms with Crippen LogP contribution in [0.2, 0.25) is 0 Å². The van der Waals surface area contributed by atoms with Crippen LogP contribution in [-0.2, 0) is 18.3 Å². The summed E-state index contributed by atoms with van der Waals surface area (Å²) in [5, 5.41) is 2.48. The quantitative estimate of drug-likeness (QED) is 0.0839. The van der Waals surface area contributed by atoms with Gasteiger partial charge in [0.1, 0.15) is 0 Å². The molecule has 0 saturated heterocycles. The highest BCUT2D eigenvalue weighted by Gasteiger charge is 2.46. The molecule has 0 aliphatic carbocycles. The first-order chi connectivity index (χ1) is 37.1. The van der Waals surface area contributed by atoms with Crippen molar-refractivity contribution in [1.82, 2.24) is 0 Å². The molecule has 10 aromatic rings. The van der Waals surface area contributed by atoms with Crippen LogP contribution in [0.15, 0.2) is 212 Å². The number of nitrogens with zero attached hydrogens (tertiary/aromatic N) is 2. The van der Waals surface area contributed by atoms with E-state index in [1.807, 2.05) is 0 Å². The van der Waals surface area contributed by atoms with Gasteiger partial charge in [-0.1, -0.05) is 205 Å². The number of unbranched alkanes of at least 4 members (excludes halogenated alkanes) is 2. The minimum Gasteiger partial charge on any atom is -0.376 e. The van der Waals surface area contributed by atoms with Gasteiger partial charge in [0, 0.05) is 39.9 Å². The normalized spacial score (nSPS) is 12.8. The first-order valence-electron chi connectivity index (χ1n) is 28.0. The molecule has 2 aliphatic heterocycles. The first-order valence-corrected chi connectivity index (χ1v) is 28.0. The van der Waals surface area contributed by atoms with Gasteiger partial charge in [0.05, 0.1) is 0 Å². The summed E-state index contributed by atoms with van der Waals surface area (Å²) in [6.07, 6.45) is 6.98. The van der Waals surface area contributed by atoms with Gasteiger partial charge in [-0.25, -0.2) is 0 Å². The van der Waals surface area contributed by atoms with E-state index >= 15 is 0 Å². The van der Waals surface area contributed by atoms with Crippen LogP contribution in [0.5, 0.6) is 0 Å². The monoisotopic (exact) mass is 985 g/mol. The Morgan fingerprint density at radius 2 is 1.05 bits per heavy atom. The van der Waals surface area contributed by atoms with Crippen LogP contribution in [0.4, 0.5) is 28.4 Å². The van der Waals surface area contributed by atoms with E-state index in [0.29, 0.717) is 0 Å². The fourth-order valence-corrected chi connectivity index (χ4v) is 12.4. The lowest BCUT2D eigenvalue weighted by molar-refractivity contribution is 0.590. The molecular formula is C73H69BN2. The molecule has 0 amide bonds. The fourth-order valence-electron chi connectivity index (χ4n) is 12.4. The van der Waals surface area contributed by atoms with Crippen molar-refractivity contribution >= 4 is 57.0 Å². The molecule has 0 atom stereocenters. The molecule has 2 nitrogen and oxygen atoms in total. The van der Waals surface area contributed by atoms with Gasteiger partial charge in [0.2, 0.25) is 0 Å². The van der Waals surface area contributed by atoms with Crippen LogP contribution < -0.4 is 20.6 Å². The summed E-state index contributed by atoms with van der Waals surface area (Å²) < 4.78 is 0. The predicted molar refractivity (Wildman–Crippen MR) is 328 cm³/mol. The Bertz CT molecular complexity index is 3680. The maximum absolute atomic E-state index is 2.68. The number of rotatable bonds is 13. The molecule has 76 heavy (non-hydrogen) atoms. The topological polar surface area (TPSA) is 6.48 Å². The van der Waals surface area contributed by atoms with Crippen molar-refractivity contribution in [3.8, 4) is 33.4 Å². The highest BCUT2D eigenvalue weighted by atomic mass is 15.2. The van der Waals surface area contributed by atoms with Crippen LogP contribution in [0.3, 0.4) is 0 Å². The van der Waals surface area contributed by atoms with Crippen molar-refractivity contribution in [2.75, 3.05) is 9.71 Å². The van der Waals surface area contributed by atoms with Crippen LogP contribution in [0.25, 0.3) is 44.2 Å². The highest BCUT2D eigenvalue weighted by molar-refractivity contribution is 6.93. The molecule has 0 spiro atoms. The fraction of sp³-hybridized carbons (Fsp3) is 0.205. The molecule has 2 aliphatic rings. The zero-order valence-electron chi connectivity index (χ0n) is 45.5. The molecule has 374 valence electrons. The van der Waals surface area contributed by atoms with E-state index < -0.39 is 0 Å². The minimum atomic E-state index is -0.136. The standard InChI is InChI=1S/C73H69BN2/c1-8-10-20-51-27-31-54(32-28-51)71(55-33-29-52(30-34-55)21-11-9-2)59-35-41-66-69(47-59)75(67-42-36-58(43-50(67)4)53-22-13-12-14-23-53)70-48-60(63-26-18-15-19-49(63)3)45-65-64-44-56-24-16-17-25-57(56)46-68(64)76(74(66)72(65)70)62-39-37-61(38-40-62)73(5,6)7/h12-19,22-48,71H,8-11,20-21H2,1-7H3. The minimum absolute atomic E-state index is 0.0175. The van der Waals surface area contributed by atoms with Gasteiger partial charge in [-0.3, -0.25) is 0 Å². The van der Waals surface area contributed by atoms with Crippen LogP contribution in [-0.4, -0.2) is 6.85 Å². The van der Waals surface area contributed by atoms with Crippen LogP contribution in [0, 0.1) is 13.8 Å². The Kier molecular flexibility index (Phi) is 13.1. The smallest absolute Gasteiger partial charge is 0.333 e. The van der Waals surface area contributed by atoms with Crippen molar-refractivity contribution in [2.45, 2.75) is 98.3 Å². The Morgan fingerprint density at radius 1 is 0.434 bits per heavy atom. The zero-order chi connectivity index (χ0) is 52.1. The van der Waals surface area contributed by atoms with Gasteiger partial charge in [0.15, 0.2) is 0 Å². The molecule has 3 heteroatoms. The number of aryl methyl sites for hydroxylation is 4. The lowest BCUT2D eigenvalue weighted by Gasteiger charge is -2.46. The largest absolute Gasteiger partial charge is 0.376 e. The van der Waals surface area contributed by atoms with E-state index in [2.05, 4.69) is 270 Å². The van der Waals surface area contributed by atoms with Crippen molar-refractivity contribution in [3.05, 3.63) is 257 Å². The van der Waals surface area contributed by atoms with Crippen LogP contribution in [0.1, 0.15) is 111 Å². The Labute approximate surface area is 452 Å². The molecule has 0 aromatic heterocycles. The van der Waals surface area contributed by atoms with Gasteiger partial charge in [0.25, 0.3) is 0 Å². The van der Waals surface area contributed by atoms with E-state index in [-0.39, 0.29) is 18.2 Å². The molecule has 0 bridgehead atoms. The van der Waals surface area contributed by atoms with E-state index in [1.165, 1.54) is 154 Å². The molecule has 10 aromatic carbocycles. The van der Waals surface area contributed by atoms with E-state index in [1.54, 1.807) is 0 Å². The van der Waals surface area contributed by atoms with E-state index in [9.17, 15) is 0 Å². The van der Waals surface area contributed by atoms with Crippen LogP contribution >= 0.6 is 0 Å². The van der Waals surface area contributed by atoms with Gasteiger partial charge < -0.3 is 9.71 Å². The molecule has 0 N–H and O–H groups in total. The maximum atomic E-state index is 2.68. The lowest BCUT2D eigenvalue weighted by atomic mass is 9.43. The lowest BCUT2D eigenvalue weighted by Crippen LogP contribution is -2.61. The van der Waals surface area contributed by atoms with Crippen molar-refractivity contribution < 1.29 is 0 Å². The molecule has 0 unspecified atom stereocenters. The molecule has 2 heterocycles. The summed E-state index contributed by atoms with van der Waals surface area (Å²) >= 11 is 0. The van der Waals surface area contributed by atoms with Gasteiger partial charge in [-0.2, -0.15) is 0 Å². The zero-order valence-corrected chi connectivity index (χ0v) is 45.5. The average Bonchev–Trinajstić information content (AvgIpc) is 3.62. The summed E-state index contributed by atoms with van der Waals surface area (Å²) in [6.45, 7) is 15.9. The third-order valence-electron chi connectivity index (χ3n) is 16.5. The van der Waals surface area contributed by atoms with Crippen molar-refractivity contribution in [3.63, 3.8) is 0 Å². The number of benzene rings is 10. The summed E-state index contributed by atoms with van der Waals surface area (Å²) in [5.41, 5.74) is 26.6. The SMILES string of the molecule is CCCCc1ccc(C(c2ccc(CCCC)cc2)c2ccc3c(c2)N(c2ccc(-c4ccccc4)cc2C)c2cc(-c4ccccc4C)cc4c2B3N(c2ccc(C(C)(C)C)cc2)c2cc3ccccc3cc2-4)cc1. The third kappa shape index (κ3) is 9.04. The first kappa shape index (κ1) is 49.0. The summed E-state index contributed by atoms with van der Waals surface area (Å²) in [4.78, 5) is 5.32. The van der Waals surface area contributed by atoms with Gasteiger partial charge in [-0.05, 0) is 194 Å². The second-order valence-corrected chi connectivity index (χ2v) is 22.7. The predicted octanol–water partition coefficient (Wildman–Crippen LogP) is 18.7. The van der Waals surface area contributed by atoms with Crippen molar-refractivity contribution in [1.29, 1.82) is 0 Å². The molecule has 0 radical (unpaired) electrons. The van der Waals surface area contributed by atoms with Crippen molar-refractivity contribution in [2.24, 2.45) is 0 Å². The second kappa shape index (κ2) is 20.3. The Morgan fingerprint density at radius 3 is 1.68 bits per heavy atom. The summed E-state index contributed by atoms with van der Waals surface area (Å²) in [6, 6.07) is 81.9. The second-order valence-electron chi connectivity index (χ2n) is 22.7. The summed E-state index contributed by atoms with van der Waals surface area (Å²) in [5.74, 6) is 0.0175. The van der Waals surface area contributed by atoms with Gasteiger partial charge >= 0.3 is 6.85 Å². The third-order valence-corrected chi connectivity index (χ3v) is 16.5.